The minimum atomic E-state index is -0.515. The number of carbonyl (C=O) groups excluding carboxylic acids is 1. The third-order valence-corrected chi connectivity index (χ3v) is 5.64. The van der Waals surface area contributed by atoms with Crippen LogP contribution in [-0.4, -0.2) is 28.8 Å². The van der Waals surface area contributed by atoms with Crippen LogP contribution in [0.3, 0.4) is 0 Å². The SMILES string of the molecule is O=C(Nc1ccc(Br)cc1F)C1CCCN(c2ccc(=O)n(-c3cccc(F)c3)n2)C1. The second-order valence-corrected chi connectivity index (χ2v) is 8.24. The van der Waals surface area contributed by atoms with Gasteiger partial charge >= 0.3 is 0 Å². The fraction of sp³-hybridized carbons (Fsp3) is 0.227. The summed E-state index contributed by atoms with van der Waals surface area (Å²) in [5, 5.41) is 7.03. The number of anilines is 2. The highest BCUT2D eigenvalue weighted by molar-refractivity contribution is 9.10. The number of rotatable bonds is 4. The molecule has 0 saturated carbocycles. The Morgan fingerprint density at radius 1 is 1.13 bits per heavy atom. The van der Waals surface area contributed by atoms with Gasteiger partial charge in [-0.25, -0.2) is 8.78 Å². The second kappa shape index (κ2) is 8.97. The van der Waals surface area contributed by atoms with Gasteiger partial charge in [-0.05, 0) is 55.3 Å². The van der Waals surface area contributed by atoms with Gasteiger partial charge < -0.3 is 10.2 Å². The third kappa shape index (κ3) is 4.82. The van der Waals surface area contributed by atoms with E-state index in [4.69, 9.17) is 0 Å². The molecule has 0 spiro atoms. The van der Waals surface area contributed by atoms with Gasteiger partial charge in [0.05, 0.1) is 17.3 Å². The van der Waals surface area contributed by atoms with E-state index in [2.05, 4.69) is 26.3 Å². The lowest BCUT2D eigenvalue weighted by molar-refractivity contribution is -0.120. The van der Waals surface area contributed by atoms with Gasteiger partial charge in [-0.2, -0.15) is 4.68 Å². The smallest absolute Gasteiger partial charge is 0.271 e. The number of hydrogen-bond acceptors (Lipinski definition) is 4. The number of hydrogen-bond donors (Lipinski definition) is 1. The number of aromatic nitrogens is 2. The Morgan fingerprint density at radius 2 is 1.97 bits per heavy atom. The molecule has 0 radical (unpaired) electrons. The summed E-state index contributed by atoms with van der Waals surface area (Å²) >= 11 is 3.19. The van der Waals surface area contributed by atoms with Crippen molar-refractivity contribution in [1.82, 2.24) is 9.78 Å². The Balaban J connectivity index is 1.52. The van der Waals surface area contributed by atoms with Gasteiger partial charge in [0, 0.05) is 23.6 Å². The van der Waals surface area contributed by atoms with Crippen LogP contribution in [0.5, 0.6) is 0 Å². The van der Waals surface area contributed by atoms with E-state index in [0.717, 1.165) is 11.1 Å². The van der Waals surface area contributed by atoms with E-state index in [-0.39, 0.29) is 23.1 Å². The molecular weight excluding hydrogens is 470 g/mol. The molecule has 31 heavy (non-hydrogen) atoms. The van der Waals surface area contributed by atoms with Crippen molar-refractivity contribution in [2.24, 2.45) is 5.92 Å². The molecule has 4 rings (SSSR count). The van der Waals surface area contributed by atoms with Gasteiger partial charge in [-0.15, -0.1) is 5.10 Å². The topological polar surface area (TPSA) is 67.2 Å². The van der Waals surface area contributed by atoms with Crippen LogP contribution < -0.4 is 15.8 Å². The third-order valence-electron chi connectivity index (χ3n) is 5.14. The molecule has 1 amide bonds. The highest BCUT2D eigenvalue weighted by Crippen LogP contribution is 2.24. The van der Waals surface area contributed by atoms with Crippen LogP contribution in [0.25, 0.3) is 5.69 Å². The zero-order valence-corrected chi connectivity index (χ0v) is 18.0. The molecule has 2 heterocycles. The van der Waals surface area contributed by atoms with Gasteiger partial charge in [0.1, 0.15) is 17.5 Å². The van der Waals surface area contributed by atoms with Crippen LogP contribution in [0.1, 0.15) is 12.8 Å². The zero-order chi connectivity index (χ0) is 22.0. The average molecular weight is 489 g/mol. The van der Waals surface area contributed by atoms with E-state index in [9.17, 15) is 18.4 Å². The zero-order valence-electron chi connectivity index (χ0n) is 16.4. The second-order valence-electron chi connectivity index (χ2n) is 7.32. The lowest BCUT2D eigenvalue weighted by Gasteiger charge is -2.33. The normalized spacial score (nSPS) is 16.2. The van der Waals surface area contributed by atoms with Crippen LogP contribution in [-0.2, 0) is 4.79 Å². The Kier molecular flexibility index (Phi) is 6.13. The fourth-order valence-electron chi connectivity index (χ4n) is 3.59. The van der Waals surface area contributed by atoms with E-state index in [0.29, 0.717) is 35.5 Å². The molecule has 1 atom stereocenters. The van der Waals surface area contributed by atoms with E-state index >= 15 is 0 Å². The summed E-state index contributed by atoms with van der Waals surface area (Å²) in [6, 6.07) is 13.1. The van der Waals surface area contributed by atoms with Gasteiger partial charge in [0.25, 0.3) is 5.56 Å². The van der Waals surface area contributed by atoms with Crippen molar-refractivity contribution in [1.29, 1.82) is 0 Å². The Labute approximate surface area is 185 Å². The molecule has 0 bridgehead atoms. The van der Waals surface area contributed by atoms with Crippen LogP contribution in [0.2, 0.25) is 0 Å². The molecule has 0 aliphatic carbocycles. The van der Waals surface area contributed by atoms with Crippen molar-refractivity contribution < 1.29 is 13.6 Å². The van der Waals surface area contributed by atoms with Crippen LogP contribution >= 0.6 is 15.9 Å². The van der Waals surface area contributed by atoms with Crippen LogP contribution in [0, 0.1) is 17.6 Å². The maximum Gasteiger partial charge on any atom is 0.271 e. The maximum atomic E-state index is 14.1. The number of carbonyl (C=O) groups is 1. The number of halogens is 3. The molecule has 1 saturated heterocycles. The molecular formula is C22H19BrF2N4O2. The molecule has 1 aliphatic heterocycles. The summed E-state index contributed by atoms with van der Waals surface area (Å²) < 4.78 is 29.4. The highest BCUT2D eigenvalue weighted by atomic mass is 79.9. The summed E-state index contributed by atoms with van der Waals surface area (Å²) in [5.74, 6) is -1.11. The van der Waals surface area contributed by atoms with Crippen molar-refractivity contribution >= 4 is 33.3 Å². The molecule has 9 heteroatoms. The number of amides is 1. The van der Waals surface area contributed by atoms with Crippen molar-refractivity contribution in [3.05, 3.63) is 81.1 Å². The minimum absolute atomic E-state index is 0.128. The average Bonchev–Trinajstić information content (AvgIpc) is 2.76. The van der Waals surface area contributed by atoms with Gasteiger partial charge in [-0.1, -0.05) is 22.0 Å². The van der Waals surface area contributed by atoms with E-state index in [1.54, 1.807) is 18.2 Å². The van der Waals surface area contributed by atoms with Crippen molar-refractivity contribution in [3.8, 4) is 5.69 Å². The van der Waals surface area contributed by atoms with Crippen LogP contribution in [0.4, 0.5) is 20.3 Å². The summed E-state index contributed by atoms with van der Waals surface area (Å²) in [5.41, 5.74) is 0.0679. The van der Waals surface area contributed by atoms with Gasteiger partial charge in [-0.3, -0.25) is 9.59 Å². The van der Waals surface area contributed by atoms with Crippen molar-refractivity contribution in [2.75, 3.05) is 23.3 Å². The summed E-state index contributed by atoms with van der Waals surface area (Å²) in [7, 11) is 0. The Morgan fingerprint density at radius 3 is 2.74 bits per heavy atom. The first kappa shape index (κ1) is 21.2. The summed E-state index contributed by atoms with van der Waals surface area (Å²) in [6.07, 6.45) is 1.39. The van der Waals surface area contributed by atoms with Gasteiger partial charge in [0.15, 0.2) is 0 Å². The molecule has 1 fully saturated rings. The van der Waals surface area contributed by atoms with Crippen molar-refractivity contribution in [2.45, 2.75) is 12.8 Å². The lowest BCUT2D eigenvalue weighted by atomic mass is 9.97. The van der Waals surface area contributed by atoms with Crippen molar-refractivity contribution in [3.63, 3.8) is 0 Å². The first-order valence-electron chi connectivity index (χ1n) is 9.78. The maximum absolute atomic E-state index is 14.1. The molecule has 160 valence electrons. The summed E-state index contributed by atoms with van der Waals surface area (Å²) in [4.78, 5) is 26.9. The van der Waals surface area contributed by atoms with Gasteiger partial charge in [0.2, 0.25) is 5.91 Å². The molecule has 6 nitrogen and oxygen atoms in total. The quantitative estimate of drug-likeness (QED) is 0.599. The molecule has 3 aromatic rings. The molecule has 2 aromatic carbocycles. The minimum Gasteiger partial charge on any atom is -0.354 e. The predicted molar refractivity (Wildman–Crippen MR) is 117 cm³/mol. The Bertz CT molecular complexity index is 1180. The molecule has 1 aromatic heterocycles. The number of benzene rings is 2. The van der Waals surface area contributed by atoms with E-state index in [1.165, 1.54) is 36.4 Å². The first-order chi connectivity index (χ1) is 14.9. The van der Waals surface area contributed by atoms with E-state index in [1.807, 2.05) is 4.90 Å². The standard InChI is InChI=1S/C22H19BrF2N4O2/c23-15-6-7-19(18(25)11-15)26-22(31)14-3-2-10-28(13-14)20-8-9-21(30)29(27-20)17-5-1-4-16(24)12-17/h1,4-9,11-12,14H,2-3,10,13H2,(H,26,31). The number of nitrogens with one attached hydrogen (secondary N) is 1. The predicted octanol–water partition coefficient (Wildman–Crippen LogP) is 4.13. The molecule has 1 aliphatic rings. The molecule has 1 unspecified atom stereocenters. The molecule has 1 N–H and O–H groups in total. The largest absolute Gasteiger partial charge is 0.354 e. The Hall–Kier alpha value is -3.07. The lowest BCUT2D eigenvalue weighted by Crippen LogP contribution is -2.42. The number of piperidine rings is 1. The van der Waals surface area contributed by atoms with Crippen LogP contribution in [0.15, 0.2) is 63.9 Å². The monoisotopic (exact) mass is 488 g/mol. The highest BCUT2D eigenvalue weighted by Gasteiger charge is 2.27. The number of nitrogens with zero attached hydrogens (tertiary/aromatic N) is 3. The first-order valence-corrected chi connectivity index (χ1v) is 10.6. The summed E-state index contributed by atoms with van der Waals surface area (Å²) in [6.45, 7) is 1.03. The van der Waals surface area contributed by atoms with E-state index < -0.39 is 11.6 Å². The fourth-order valence-corrected chi connectivity index (χ4v) is 3.92.